The van der Waals surface area contributed by atoms with Crippen molar-refractivity contribution in [3.05, 3.63) is 48.5 Å². The van der Waals surface area contributed by atoms with Gasteiger partial charge in [0.15, 0.2) is 0 Å². The Morgan fingerprint density at radius 1 is 1.04 bits per heavy atom. The monoisotopic (exact) mass is 332 g/mol. The average molecular weight is 332 g/mol. The van der Waals surface area contributed by atoms with Crippen molar-refractivity contribution in [1.29, 1.82) is 0 Å². The maximum Gasteiger partial charge on any atom is 0.261 e. The fraction of sp³-hybridized carbons (Fsp3) is 0.294. The van der Waals surface area contributed by atoms with E-state index in [1.807, 2.05) is 12.1 Å². The number of sulfonamides is 1. The van der Waals surface area contributed by atoms with Crippen molar-refractivity contribution in [2.24, 2.45) is 0 Å². The minimum absolute atomic E-state index is 0.253. The van der Waals surface area contributed by atoms with Gasteiger partial charge in [-0.05, 0) is 49.2 Å². The number of ether oxygens (including phenoxy) is 1. The van der Waals surface area contributed by atoms with E-state index in [9.17, 15) is 8.42 Å². The Kier molecular flexibility index (Phi) is 4.43. The quantitative estimate of drug-likeness (QED) is 0.914. The zero-order valence-electron chi connectivity index (χ0n) is 13.0. The maximum atomic E-state index is 12.5. The number of anilines is 2. The predicted octanol–water partition coefficient (Wildman–Crippen LogP) is 3.10. The molecule has 1 aliphatic heterocycles. The van der Waals surface area contributed by atoms with Crippen molar-refractivity contribution in [3.8, 4) is 5.75 Å². The normalized spacial score (nSPS) is 14.7. The average Bonchev–Trinajstić information content (AvgIpc) is 3.09. The summed E-state index contributed by atoms with van der Waals surface area (Å²) < 4.78 is 32.6. The molecular weight excluding hydrogens is 312 g/mol. The van der Waals surface area contributed by atoms with Crippen LogP contribution in [0, 0.1) is 0 Å². The highest BCUT2D eigenvalue weighted by molar-refractivity contribution is 7.92. The first kappa shape index (κ1) is 15.7. The van der Waals surface area contributed by atoms with Crippen molar-refractivity contribution < 1.29 is 13.2 Å². The standard InChI is InChI=1S/C17H20N2O3S/c1-22-16-6-4-5-14(13-16)18-23(20,21)17-9-7-15(8-10-17)19-11-2-3-12-19/h4-10,13,18H,2-3,11-12H2,1H3. The molecule has 0 atom stereocenters. The molecule has 0 amide bonds. The molecular formula is C17H20N2O3S. The molecule has 2 aromatic rings. The van der Waals surface area contributed by atoms with Gasteiger partial charge in [-0.25, -0.2) is 8.42 Å². The SMILES string of the molecule is COc1cccc(NS(=O)(=O)c2ccc(N3CCCC3)cc2)c1. The Bertz CT molecular complexity index is 767. The first-order valence-electron chi connectivity index (χ1n) is 7.60. The van der Waals surface area contributed by atoms with Gasteiger partial charge in [-0.2, -0.15) is 0 Å². The first-order chi connectivity index (χ1) is 11.1. The van der Waals surface area contributed by atoms with E-state index in [2.05, 4.69) is 9.62 Å². The number of benzene rings is 2. The molecule has 2 aromatic carbocycles. The molecule has 1 heterocycles. The second kappa shape index (κ2) is 6.50. The van der Waals surface area contributed by atoms with E-state index in [1.165, 1.54) is 12.8 Å². The number of rotatable bonds is 5. The summed E-state index contributed by atoms with van der Waals surface area (Å²) in [5.41, 5.74) is 1.55. The topological polar surface area (TPSA) is 58.6 Å². The molecule has 1 saturated heterocycles. The molecule has 0 spiro atoms. The Morgan fingerprint density at radius 2 is 1.74 bits per heavy atom. The summed E-state index contributed by atoms with van der Waals surface area (Å²) in [6.45, 7) is 2.07. The van der Waals surface area contributed by atoms with Crippen LogP contribution in [-0.4, -0.2) is 28.6 Å². The van der Waals surface area contributed by atoms with Gasteiger partial charge in [-0.1, -0.05) is 6.07 Å². The van der Waals surface area contributed by atoms with E-state index in [4.69, 9.17) is 4.74 Å². The van der Waals surface area contributed by atoms with E-state index >= 15 is 0 Å². The molecule has 1 fully saturated rings. The van der Waals surface area contributed by atoms with Gasteiger partial charge < -0.3 is 9.64 Å². The third-order valence-electron chi connectivity index (χ3n) is 3.94. The van der Waals surface area contributed by atoms with Gasteiger partial charge in [0, 0.05) is 24.8 Å². The van der Waals surface area contributed by atoms with Crippen LogP contribution in [-0.2, 0) is 10.0 Å². The van der Waals surface area contributed by atoms with E-state index in [1.54, 1.807) is 43.5 Å². The number of hydrogen-bond acceptors (Lipinski definition) is 4. The van der Waals surface area contributed by atoms with Gasteiger partial charge in [0.05, 0.1) is 17.7 Å². The van der Waals surface area contributed by atoms with Gasteiger partial charge in [0.25, 0.3) is 10.0 Å². The minimum Gasteiger partial charge on any atom is -0.497 e. The Labute approximate surface area is 136 Å². The highest BCUT2D eigenvalue weighted by Crippen LogP contribution is 2.24. The molecule has 1 aliphatic rings. The smallest absolute Gasteiger partial charge is 0.261 e. The van der Waals surface area contributed by atoms with Gasteiger partial charge >= 0.3 is 0 Å². The number of hydrogen-bond donors (Lipinski definition) is 1. The summed E-state index contributed by atoms with van der Waals surface area (Å²) in [4.78, 5) is 2.52. The fourth-order valence-corrected chi connectivity index (χ4v) is 3.76. The van der Waals surface area contributed by atoms with E-state index in [-0.39, 0.29) is 4.90 Å². The summed E-state index contributed by atoms with van der Waals surface area (Å²) >= 11 is 0. The molecule has 5 nitrogen and oxygen atoms in total. The Hall–Kier alpha value is -2.21. The van der Waals surface area contributed by atoms with Crippen LogP contribution in [0.1, 0.15) is 12.8 Å². The highest BCUT2D eigenvalue weighted by Gasteiger charge is 2.16. The van der Waals surface area contributed by atoms with Crippen LogP contribution >= 0.6 is 0 Å². The van der Waals surface area contributed by atoms with Gasteiger partial charge in [0.2, 0.25) is 0 Å². The second-order valence-corrected chi connectivity index (χ2v) is 7.21. The number of nitrogens with one attached hydrogen (secondary N) is 1. The maximum absolute atomic E-state index is 12.5. The first-order valence-corrected chi connectivity index (χ1v) is 9.09. The summed E-state index contributed by atoms with van der Waals surface area (Å²) in [7, 11) is -2.06. The molecule has 3 rings (SSSR count). The lowest BCUT2D eigenvalue weighted by atomic mass is 10.3. The fourth-order valence-electron chi connectivity index (χ4n) is 2.71. The van der Waals surface area contributed by atoms with Crippen molar-refractivity contribution >= 4 is 21.4 Å². The largest absolute Gasteiger partial charge is 0.497 e. The molecule has 0 radical (unpaired) electrons. The van der Waals surface area contributed by atoms with E-state index in [0.717, 1.165) is 18.8 Å². The predicted molar refractivity (Wildman–Crippen MR) is 91.7 cm³/mol. The molecule has 1 N–H and O–H groups in total. The van der Waals surface area contributed by atoms with Crippen LogP contribution in [0.4, 0.5) is 11.4 Å². The summed E-state index contributed by atoms with van der Waals surface area (Å²) in [5.74, 6) is 0.606. The summed E-state index contributed by atoms with van der Waals surface area (Å²) in [6.07, 6.45) is 2.38. The summed E-state index contributed by atoms with van der Waals surface area (Å²) in [6, 6.07) is 13.9. The van der Waals surface area contributed by atoms with Crippen LogP contribution < -0.4 is 14.4 Å². The van der Waals surface area contributed by atoms with Crippen molar-refractivity contribution in [3.63, 3.8) is 0 Å². The van der Waals surface area contributed by atoms with Crippen LogP contribution in [0.5, 0.6) is 5.75 Å². The van der Waals surface area contributed by atoms with Crippen molar-refractivity contribution in [2.45, 2.75) is 17.7 Å². The summed E-state index contributed by atoms with van der Waals surface area (Å²) in [5, 5.41) is 0. The molecule has 0 unspecified atom stereocenters. The Balaban J connectivity index is 1.78. The molecule has 0 aliphatic carbocycles. The Morgan fingerprint density at radius 3 is 2.39 bits per heavy atom. The lowest BCUT2D eigenvalue weighted by Crippen LogP contribution is -2.18. The zero-order valence-corrected chi connectivity index (χ0v) is 13.8. The van der Waals surface area contributed by atoms with Gasteiger partial charge in [0.1, 0.15) is 5.75 Å². The van der Waals surface area contributed by atoms with Crippen molar-refractivity contribution in [1.82, 2.24) is 0 Å². The zero-order chi connectivity index (χ0) is 16.3. The third-order valence-corrected chi connectivity index (χ3v) is 5.34. The molecule has 0 saturated carbocycles. The van der Waals surface area contributed by atoms with Gasteiger partial charge in [-0.15, -0.1) is 0 Å². The van der Waals surface area contributed by atoms with Crippen LogP contribution in [0.15, 0.2) is 53.4 Å². The van der Waals surface area contributed by atoms with Crippen LogP contribution in [0.2, 0.25) is 0 Å². The molecule has 23 heavy (non-hydrogen) atoms. The lowest BCUT2D eigenvalue weighted by Gasteiger charge is -2.17. The lowest BCUT2D eigenvalue weighted by molar-refractivity contribution is 0.415. The van der Waals surface area contributed by atoms with E-state index < -0.39 is 10.0 Å². The molecule has 0 bridgehead atoms. The molecule has 0 aromatic heterocycles. The number of methoxy groups -OCH3 is 1. The second-order valence-electron chi connectivity index (χ2n) is 5.53. The van der Waals surface area contributed by atoms with Crippen molar-refractivity contribution in [2.75, 3.05) is 29.8 Å². The molecule has 6 heteroatoms. The highest BCUT2D eigenvalue weighted by atomic mass is 32.2. The molecule has 122 valence electrons. The van der Waals surface area contributed by atoms with Gasteiger partial charge in [-0.3, -0.25) is 4.72 Å². The van der Waals surface area contributed by atoms with Crippen LogP contribution in [0.25, 0.3) is 0 Å². The third kappa shape index (κ3) is 3.59. The van der Waals surface area contributed by atoms with E-state index in [0.29, 0.717) is 11.4 Å². The van der Waals surface area contributed by atoms with Crippen LogP contribution in [0.3, 0.4) is 0 Å². The number of nitrogens with zero attached hydrogens (tertiary/aromatic N) is 1. The minimum atomic E-state index is -3.60.